The SMILES string of the molecule is CC1CCCN(C(=O)C2CCCO2)C1CN.Cl. The highest BCUT2D eigenvalue weighted by molar-refractivity contribution is 5.85. The van der Waals surface area contributed by atoms with E-state index in [1.165, 1.54) is 6.42 Å². The maximum absolute atomic E-state index is 12.3. The molecule has 0 aromatic rings. The van der Waals surface area contributed by atoms with Crippen molar-refractivity contribution in [1.82, 2.24) is 4.90 Å². The fourth-order valence-corrected chi connectivity index (χ4v) is 2.84. The molecule has 0 spiro atoms. The average Bonchev–Trinajstić information content (AvgIpc) is 2.81. The number of hydrogen-bond donors (Lipinski definition) is 1. The van der Waals surface area contributed by atoms with Gasteiger partial charge in [-0.2, -0.15) is 0 Å². The minimum Gasteiger partial charge on any atom is -0.368 e. The van der Waals surface area contributed by atoms with Gasteiger partial charge in [-0.25, -0.2) is 0 Å². The summed E-state index contributed by atoms with van der Waals surface area (Å²) in [6.07, 6.45) is 3.96. The number of nitrogens with zero attached hydrogens (tertiary/aromatic N) is 1. The lowest BCUT2D eigenvalue weighted by Gasteiger charge is -2.40. The Morgan fingerprint density at radius 3 is 2.76 bits per heavy atom. The highest BCUT2D eigenvalue weighted by Gasteiger charge is 2.35. The molecule has 17 heavy (non-hydrogen) atoms. The van der Waals surface area contributed by atoms with Crippen LogP contribution >= 0.6 is 12.4 Å². The molecular weight excluding hydrogens is 240 g/mol. The molecule has 2 aliphatic rings. The molecule has 3 atom stereocenters. The van der Waals surface area contributed by atoms with E-state index in [0.717, 1.165) is 32.4 Å². The molecule has 4 nitrogen and oxygen atoms in total. The lowest BCUT2D eigenvalue weighted by atomic mass is 9.90. The first-order valence-corrected chi connectivity index (χ1v) is 6.36. The number of amides is 1. The molecule has 2 N–H and O–H groups in total. The van der Waals surface area contributed by atoms with E-state index >= 15 is 0 Å². The van der Waals surface area contributed by atoms with Crippen LogP contribution in [0.2, 0.25) is 0 Å². The van der Waals surface area contributed by atoms with Crippen molar-refractivity contribution in [3.8, 4) is 0 Å². The second-order valence-corrected chi connectivity index (χ2v) is 4.96. The predicted octanol–water partition coefficient (Wildman–Crippen LogP) is 1.17. The summed E-state index contributed by atoms with van der Waals surface area (Å²) in [5.41, 5.74) is 5.79. The van der Waals surface area contributed by atoms with Crippen LogP contribution in [0.4, 0.5) is 0 Å². The summed E-state index contributed by atoms with van der Waals surface area (Å²) >= 11 is 0. The quantitative estimate of drug-likeness (QED) is 0.813. The molecule has 0 aromatic carbocycles. The van der Waals surface area contributed by atoms with E-state index in [0.29, 0.717) is 12.5 Å². The zero-order valence-corrected chi connectivity index (χ0v) is 11.2. The van der Waals surface area contributed by atoms with Gasteiger partial charge in [-0.15, -0.1) is 12.4 Å². The summed E-state index contributed by atoms with van der Waals surface area (Å²) in [7, 11) is 0. The third-order valence-electron chi connectivity index (χ3n) is 3.85. The van der Waals surface area contributed by atoms with Crippen molar-refractivity contribution in [2.75, 3.05) is 19.7 Å². The van der Waals surface area contributed by atoms with Crippen LogP contribution in [0.3, 0.4) is 0 Å². The van der Waals surface area contributed by atoms with Crippen LogP contribution in [0.1, 0.15) is 32.6 Å². The van der Waals surface area contributed by atoms with Crippen molar-refractivity contribution < 1.29 is 9.53 Å². The number of halogens is 1. The summed E-state index contributed by atoms with van der Waals surface area (Å²) in [4.78, 5) is 14.2. The van der Waals surface area contributed by atoms with Crippen LogP contribution in [-0.2, 0) is 9.53 Å². The molecule has 0 saturated carbocycles. The van der Waals surface area contributed by atoms with E-state index < -0.39 is 0 Å². The Bertz CT molecular complexity index is 257. The molecule has 0 aromatic heterocycles. The molecule has 2 rings (SSSR count). The number of likely N-dealkylation sites (tertiary alicyclic amines) is 1. The van der Waals surface area contributed by atoms with Crippen LogP contribution in [-0.4, -0.2) is 42.6 Å². The first kappa shape index (κ1) is 14.7. The zero-order valence-electron chi connectivity index (χ0n) is 10.4. The van der Waals surface area contributed by atoms with Crippen LogP contribution in [0.25, 0.3) is 0 Å². The molecule has 0 aliphatic carbocycles. The number of rotatable bonds is 2. The van der Waals surface area contributed by atoms with Gasteiger partial charge in [0.25, 0.3) is 5.91 Å². The Balaban J connectivity index is 0.00000144. The summed E-state index contributed by atoms with van der Waals surface area (Å²) < 4.78 is 5.46. The largest absolute Gasteiger partial charge is 0.368 e. The van der Waals surface area contributed by atoms with E-state index in [1.807, 2.05) is 4.90 Å². The Hall–Kier alpha value is -0.320. The third-order valence-corrected chi connectivity index (χ3v) is 3.85. The Morgan fingerprint density at radius 2 is 2.18 bits per heavy atom. The maximum Gasteiger partial charge on any atom is 0.252 e. The van der Waals surface area contributed by atoms with Gasteiger partial charge < -0.3 is 15.4 Å². The minimum absolute atomic E-state index is 0. The topological polar surface area (TPSA) is 55.6 Å². The Morgan fingerprint density at radius 1 is 1.41 bits per heavy atom. The summed E-state index contributed by atoms with van der Waals surface area (Å²) in [5.74, 6) is 0.684. The first-order chi connectivity index (χ1) is 7.74. The highest BCUT2D eigenvalue weighted by Crippen LogP contribution is 2.25. The van der Waals surface area contributed by atoms with Crippen LogP contribution in [0.5, 0.6) is 0 Å². The van der Waals surface area contributed by atoms with Crippen LogP contribution < -0.4 is 5.73 Å². The van der Waals surface area contributed by atoms with Gasteiger partial charge >= 0.3 is 0 Å². The zero-order chi connectivity index (χ0) is 11.5. The van der Waals surface area contributed by atoms with Gasteiger partial charge in [0.1, 0.15) is 6.10 Å². The van der Waals surface area contributed by atoms with Gasteiger partial charge in [0, 0.05) is 25.7 Å². The molecule has 5 heteroatoms. The molecule has 2 fully saturated rings. The van der Waals surface area contributed by atoms with Gasteiger partial charge in [0.15, 0.2) is 0 Å². The standard InChI is InChI=1S/C12H22N2O2.ClH/c1-9-4-2-6-14(10(9)8-13)12(15)11-5-3-7-16-11;/h9-11H,2-8,13H2,1H3;1H. The van der Waals surface area contributed by atoms with Crippen molar-refractivity contribution in [1.29, 1.82) is 0 Å². The number of nitrogens with two attached hydrogens (primary N) is 1. The molecule has 2 aliphatic heterocycles. The number of ether oxygens (including phenoxy) is 1. The second-order valence-electron chi connectivity index (χ2n) is 4.96. The predicted molar refractivity (Wildman–Crippen MR) is 69.2 cm³/mol. The lowest BCUT2D eigenvalue weighted by molar-refractivity contribution is -0.145. The van der Waals surface area contributed by atoms with Gasteiger partial charge in [-0.05, 0) is 31.6 Å². The molecule has 1 amide bonds. The number of carbonyl (C=O) groups excluding carboxylic acids is 1. The highest BCUT2D eigenvalue weighted by atomic mass is 35.5. The summed E-state index contributed by atoms with van der Waals surface area (Å²) in [6.45, 7) is 4.34. The van der Waals surface area contributed by atoms with Crippen molar-refractivity contribution >= 4 is 18.3 Å². The summed E-state index contributed by atoms with van der Waals surface area (Å²) in [6, 6.07) is 0.213. The fraction of sp³-hybridized carbons (Fsp3) is 0.917. The normalized spacial score (nSPS) is 33.3. The Kier molecular flexibility index (Phi) is 5.70. The van der Waals surface area contributed by atoms with Gasteiger partial charge in [-0.3, -0.25) is 4.79 Å². The van der Waals surface area contributed by atoms with Crippen molar-refractivity contribution in [2.45, 2.75) is 44.8 Å². The Labute approximate surface area is 109 Å². The average molecular weight is 263 g/mol. The van der Waals surface area contributed by atoms with E-state index in [9.17, 15) is 4.79 Å². The van der Waals surface area contributed by atoms with E-state index in [2.05, 4.69) is 6.92 Å². The van der Waals surface area contributed by atoms with E-state index in [1.54, 1.807) is 0 Å². The molecular formula is C12H23ClN2O2. The number of hydrogen-bond acceptors (Lipinski definition) is 3. The molecule has 100 valence electrons. The van der Waals surface area contributed by atoms with E-state index in [-0.39, 0.29) is 30.5 Å². The number of carbonyl (C=O) groups is 1. The third kappa shape index (κ3) is 3.12. The smallest absolute Gasteiger partial charge is 0.252 e. The minimum atomic E-state index is -0.195. The van der Waals surface area contributed by atoms with Gasteiger partial charge in [0.05, 0.1) is 0 Å². The van der Waals surface area contributed by atoms with Crippen molar-refractivity contribution in [2.24, 2.45) is 11.7 Å². The molecule has 0 radical (unpaired) electrons. The van der Waals surface area contributed by atoms with Gasteiger partial charge in [-0.1, -0.05) is 6.92 Å². The van der Waals surface area contributed by atoms with E-state index in [4.69, 9.17) is 10.5 Å². The van der Waals surface area contributed by atoms with Crippen LogP contribution in [0.15, 0.2) is 0 Å². The molecule has 2 saturated heterocycles. The lowest BCUT2D eigenvalue weighted by Crippen LogP contribution is -2.54. The van der Waals surface area contributed by atoms with Gasteiger partial charge in [0.2, 0.25) is 0 Å². The summed E-state index contributed by atoms with van der Waals surface area (Å²) in [5, 5.41) is 0. The maximum atomic E-state index is 12.3. The fourth-order valence-electron chi connectivity index (χ4n) is 2.84. The molecule has 0 bridgehead atoms. The monoisotopic (exact) mass is 262 g/mol. The van der Waals surface area contributed by atoms with Crippen molar-refractivity contribution in [3.05, 3.63) is 0 Å². The van der Waals surface area contributed by atoms with Crippen LogP contribution in [0, 0.1) is 5.92 Å². The molecule has 2 heterocycles. The number of piperidine rings is 1. The second kappa shape index (κ2) is 6.57. The molecule has 3 unspecified atom stereocenters. The van der Waals surface area contributed by atoms with Crippen molar-refractivity contribution in [3.63, 3.8) is 0 Å². The first-order valence-electron chi connectivity index (χ1n) is 6.36.